The lowest BCUT2D eigenvalue weighted by molar-refractivity contribution is -0.119. The molecular formula is C28H23ClFN5O5. The second-order valence-electron chi connectivity index (χ2n) is 8.64. The number of hydrogen-bond donors (Lipinski definition) is 2. The largest absolute Gasteiger partial charge is 0.495 e. The van der Waals surface area contributed by atoms with Crippen molar-refractivity contribution in [2.24, 2.45) is 0 Å². The number of anilines is 1. The summed E-state index contributed by atoms with van der Waals surface area (Å²) in [5.41, 5.74) is 0.670. The first-order chi connectivity index (χ1) is 19.1. The van der Waals surface area contributed by atoms with Crippen LogP contribution in [0.3, 0.4) is 0 Å². The number of halogens is 2. The number of pyridine rings is 1. The molecule has 12 heteroatoms. The van der Waals surface area contributed by atoms with E-state index in [4.69, 9.17) is 20.8 Å². The van der Waals surface area contributed by atoms with Crippen LogP contribution >= 0.6 is 11.6 Å². The van der Waals surface area contributed by atoms with Crippen molar-refractivity contribution < 1.29 is 23.1 Å². The van der Waals surface area contributed by atoms with E-state index < -0.39 is 29.2 Å². The van der Waals surface area contributed by atoms with E-state index in [2.05, 4.69) is 21.7 Å². The Kier molecular flexibility index (Phi) is 8.31. The van der Waals surface area contributed by atoms with Crippen LogP contribution in [0, 0.1) is 24.1 Å². The molecule has 0 aliphatic rings. The van der Waals surface area contributed by atoms with Crippen LogP contribution in [0.5, 0.6) is 5.75 Å². The summed E-state index contributed by atoms with van der Waals surface area (Å²) >= 11 is 6.15. The Balaban J connectivity index is 1.77. The first-order valence-electron chi connectivity index (χ1n) is 11.9. The highest BCUT2D eigenvalue weighted by Gasteiger charge is 2.26. The molecule has 0 saturated carbocycles. The maximum atomic E-state index is 14.5. The first-order valence-corrected chi connectivity index (χ1v) is 12.3. The molecule has 4 aromatic rings. The number of oxazole rings is 1. The van der Waals surface area contributed by atoms with E-state index in [1.54, 1.807) is 19.1 Å². The number of nitrogens with zero attached hydrogens (tertiary/aromatic N) is 3. The maximum Gasteiger partial charge on any atom is 0.253 e. The van der Waals surface area contributed by atoms with Gasteiger partial charge in [-0.25, -0.2) is 9.37 Å². The summed E-state index contributed by atoms with van der Waals surface area (Å²) in [6, 6.07) is 10.4. The molecule has 0 fully saturated rings. The predicted molar refractivity (Wildman–Crippen MR) is 145 cm³/mol. The topological polar surface area (TPSA) is 139 Å². The fourth-order valence-corrected chi connectivity index (χ4v) is 4.31. The molecule has 2 heterocycles. The van der Waals surface area contributed by atoms with Crippen molar-refractivity contribution in [3.63, 3.8) is 0 Å². The molecule has 2 aromatic carbocycles. The average Bonchev–Trinajstić information content (AvgIpc) is 3.35. The highest BCUT2D eigenvalue weighted by atomic mass is 35.5. The highest BCUT2D eigenvalue weighted by molar-refractivity contribution is 6.31. The molecule has 0 aliphatic carbocycles. The molecule has 2 N–H and O–H groups in total. The normalized spacial score (nSPS) is 11.4. The van der Waals surface area contributed by atoms with Gasteiger partial charge in [0.2, 0.25) is 5.91 Å². The number of carbonyl (C=O) groups is 2. The monoisotopic (exact) mass is 563 g/mol. The van der Waals surface area contributed by atoms with Gasteiger partial charge >= 0.3 is 0 Å². The number of ether oxygens (including phenoxy) is 1. The van der Waals surface area contributed by atoms with Gasteiger partial charge in [-0.3, -0.25) is 19.0 Å². The average molecular weight is 564 g/mol. The molecule has 2 amide bonds. The number of amides is 2. The summed E-state index contributed by atoms with van der Waals surface area (Å²) in [7, 11) is 2.76. The van der Waals surface area contributed by atoms with Gasteiger partial charge in [0.25, 0.3) is 11.5 Å². The molecule has 0 radical (unpaired) electrons. The molecule has 0 bridgehead atoms. The second-order valence-corrected chi connectivity index (χ2v) is 9.08. The molecule has 1 unspecified atom stereocenters. The molecule has 204 valence electrons. The number of aromatic nitrogens is 2. The highest BCUT2D eigenvalue weighted by Crippen LogP contribution is 2.33. The summed E-state index contributed by atoms with van der Waals surface area (Å²) < 4.78 is 26.5. The Morgan fingerprint density at radius 1 is 1.23 bits per heavy atom. The van der Waals surface area contributed by atoms with Gasteiger partial charge in [0.05, 0.1) is 36.2 Å². The fraction of sp³-hybridized carbons (Fsp3) is 0.179. The van der Waals surface area contributed by atoms with Crippen molar-refractivity contribution in [3.05, 3.63) is 98.8 Å². The number of hydrogen-bond acceptors (Lipinski definition) is 7. The maximum absolute atomic E-state index is 14.5. The smallest absolute Gasteiger partial charge is 0.253 e. The third-order valence-corrected chi connectivity index (χ3v) is 6.31. The van der Waals surface area contributed by atoms with Crippen molar-refractivity contribution in [2.45, 2.75) is 19.4 Å². The molecule has 0 spiro atoms. The fourth-order valence-electron chi connectivity index (χ4n) is 4.14. The van der Waals surface area contributed by atoms with Crippen molar-refractivity contribution in [2.75, 3.05) is 19.5 Å². The van der Waals surface area contributed by atoms with Gasteiger partial charge in [-0.15, -0.1) is 0 Å². The number of rotatable bonds is 8. The Labute approximate surface area is 233 Å². The van der Waals surface area contributed by atoms with Crippen LogP contribution in [-0.2, 0) is 11.2 Å². The van der Waals surface area contributed by atoms with E-state index >= 15 is 0 Å². The molecule has 10 nitrogen and oxygen atoms in total. The van der Waals surface area contributed by atoms with Gasteiger partial charge < -0.3 is 19.8 Å². The van der Waals surface area contributed by atoms with Crippen molar-refractivity contribution in [3.8, 4) is 22.9 Å². The van der Waals surface area contributed by atoms with Crippen LogP contribution in [0.25, 0.3) is 11.1 Å². The van der Waals surface area contributed by atoms with Crippen LogP contribution in [0.15, 0.2) is 64.1 Å². The summed E-state index contributed by atoms with van der Waals surface area (Å²) in [5, 5.41) is 14.9. The Bertz CT molecular complexity index is 1710. The molecule has 40 heavy (non-hydrogen) atoms. The van der Waals surface area contributed by atoms with E-state index in [0.717, 1.165) is 10.6 Å². The quantitative estimate of drug-likeness (QED) is 0.326. The minimum Gasteiger partial charge on any atom is -0.495 e. The minimum absolute atomic E-state index is 0.0506. The number of nitrogens with one attached hydrogen (secondary N) is 2. The van der Waals surface area contributed by atoms with Crippen LogP contribution < -0.4 is 20.9 Å². The summed E-state index contributed by atoms with van der Waals surface area (Å²) in [4.78, 5) is 43.0. The van der Waals surface area contributed by atoms with Crippen molar-refractivity contribution in [1.29, 1.82) is 5.26 Å². The number of methoxy groups -OCH3 is 1. The molecule has 2 aromatic heterocycles. The zero-order valence-corrected chi connectivity index (χ0v) is 22.4. The molecular weight excluding hydrogens is 541 g/mol. The van der Waals surface area contributed by atoms with E-state index in [9.17, 15) is 24.0 Å². The Morgan fingerprint density at radius 3 is 2.62 bits per heavy atom. The molecule has 0 aliphatic heterocycles. The molecule has 0 saturated heterocycles. The standard InChI is InChI=1S/C28H23ClFN5O5/c1-15-33-19(14-40-15)10-24(28(38)34-18-6-7-20(23(30)9-18)27(37)32-2)35-13-25(39-3)22(11-26(35)36)21-8-17(29)5-4-16(21)12-31/h4-9,11,13-14,24H,10H2,1-3H3,(H,32,37)(H,34,38). The Morgan fingerprint density at radius 2 is 2.00 bits per heavy atom. The number of carbonyl (C=O) groups excluding carboxylic acids is 2. The van der Waals surface area contributed by atoms with Gasteiger partial charge in [-0.2, -0.15) is 5.26 Å². The van der Waals surface area contributed by atoms with Gasteiger partial charge in [0.15, 0.2) is 5.89 Å². The third kappa shape index (κ3) is 5.87. The van der Waals surface area contributed by atoms with Crippen molar-refractivity contribution >= 4 is 29.1 Å². The van der Waals surface area contributed by atoms with Crippen LogP contribution in [-0.4, -0.2) is 35.5 Å². The summed E-state index contributed by atoms with van der Waals surface area (Å²) in [5.74, 6) is -1.55. The summed E-state index contributed by atoms with van der Waals surface area (Å²) in [6.45, 7) is 1.64. The predicted octanol–water partition coefficient (Wildman–Crippen LogP) is 4.27. The van der Waals surface area contributed by atoms with E-state index in [-0.39, 0.29) is 29.0 Å². The van der Waals surface area contributed by atoms with Gasteiger partial charge in [-0.1, -0.05) is 11.6 Å². The lowest BCUT2D eigenvalue weighted by atomic mass is 10.00. The zero-order chi connectivity index (χ0) is 29.0. The summed E-state index contributed by atoms with van der Waals surface area (Å²) in [6.07, 6.45) is 2.67. The Hall–Kier alpha value is -4.95. The SMILES string of the molecule is CNC(=O)c1ccc(NC(=O)C(Cc2coc(C)n2)n2cc(OC)c(-c3cc(Cl)ccc3C#N)cc2=O)cc1F. The van der Waals surface area contributed by atoms with Gasteiger partial charge in [0, 0.05) is 48.3 Å². The van der Waals surface area contributed by atoms with E-state index in [1.165, 1.54) is 50.9 Å². The second kappa shape index (κ2) is 11.8. The van der Waals surface area contributed by atoms with E-state index in [0.29, 0.717) is 27.7 Å². The minimum atomic E-state index is -1.17. The first kappa shape index (κ1) is 28.1. The molecule has 4 rings (SSSR count). The van der Waals surface area contributed by atoms with Gasteiger partial charge in [-0.05, 0) is 36.4 Å². The van der Waals surface area contributed by atoms with Crippen LogP contribution in [0.4, 0.5) is 10.1 Å². The third-order valence-electron chi connectivity index (χ3n) is 6.07. The van der Waals surface area contributed by atoms with Crippen molar-refractivity contribution in [1.82, 2.24) is 14.9 Å². The molecule has 1 atom stereocenters. The van der Waals surface area contributed by atoms with Crippen LogP contribution in [0.2, 0.25) is 5.02 Å². The zero-order valence-electron chi connectivity index (χ0n) is 21.6. The van der Waals surface area contributed by atoms with Gasteiger partial charge in [0.1, 0.15) is 23.9 Å². The lowest BCUT2D eigenvalue weighted by Gasteiger charge is -2.21. The number of aryl methyl sites for hydroxylation is 1. The number of nitriles is 1. The lowest BCUT2D eigenvalue weighted by Crippen LogP contribution is -2.34. The van der Waals surface area contributed by atoms with Crippen LogP contribution in [0.1, 0.15) is 33.5 Å². The number of benzene rings is 2. The van der Waals surface area contributed by atoms with E-state index in [1.807, 2.05) is 0 Å².